The molecule has 32 heavy (non-hydrogen) atoms. The molecule has 0 saturated heterocycles. The third-order valence-electron chi connectivity index (χ3n) is 5.93. The zero-order valence-corrected chi connectivity index (χ0v) is 18.6. The molecule has 2 aromatic rings. The Morgan fingerprint density at radius 2 is 1.72 bits per heavy atom. The van der Waals surface area contributed by atoms with E-state index in [0.717, 1.165) is 24.0 Å². The van der Waals surface area contributed by atoms with Crippen molar-refractivity contribution < 1.29 is 19.1 Å². The average Bonchev–Trinajstić information content (AvgIpc) is 3.61. The van der Waals surface area contributed by atoms with Gasteiger partial charge < -0.3 is 14.8 Å². The second kappa shape index (κ2) is 9.39. The van der Waals surface area contributed by atoms with Crippen molar-refractivity contribution >= 4 is 17.6 Å². The number of nitrogens with one attached hydrogen (secondary N) is 1. The SMILES string of the molecule is COC(=O)C1C(C)=NC(C)=C(C(=O)NC2CC2)C1c1ccccc1OCc1ccccc1. The number of hydrogen-bond acceptors (Lipinski definition) is 5. The predicted molar refractivity (Wildman–Crippen MR) is 122 cm³/mol. The van der Waals surface area contributed by atoms with Crippen LogP contribution in [0.1, 0.15) is 43.7 Å². The largest absolute Gasteiger partial charge is 0.489 e. The quantitative estimate of drug-likeness (QED) is 0.667. The molecule has 0 aromatic heterocycles. The highest BCUT2D eigenvalue weighted by molar-refractivity contribution is 6.08. The van der Waals surface area contributed by atoms with E-state index in [-0.39, 0.29) is 11.9 Å². The molecule has 2 aromatic carbocycles. The Labute approximate surface area is 188 Å². The average molecular weight is 433 g/mol. The van der Waals surface area contributed by atoms with Crippen molar-refractivity contribution in [2.75, 3.05) is 7.11 Å². The number of benzene rings is 2. The van der Waals surface area contributed by atoms with Crippen molar-refractivity contribution in [1.29, 1.82) is 0 Å². The van der Waals surface area contributed by atoms with Crippen LogP contribution >= 0.6 is 0 Å². The lowest BCUT2D eigenvalue weighted by molar-refractivity contribution is -0.143. The minimum atomic E-state index is -0.704. The molecule has 1 heterocycles. The van der Waals surface area contributed by atoms with Gasteiger partial charge in [0, 0.05) is 34.5 Å². The van der Waals surface area contributed by atoms with E-state index >= 15 is 0 Å². The van der Waals surface area contributed by atoms with Gasteiger partial charge in [0.2, 0.25) is 5.91 Å². The normalized spacial score (nSPS) is 20.4. The van der Waals surface area contributed by atoms with Crippen LogP contribution in [-0.2, 0) is 20.9 Å². The summed E-state index contributed by atoms with van der Waals surface area (Å²) >= 11 is 0. The van der Waals surface area contributed by atoms with E-state index < -0.39 is 17.8 Å². The summed E-state index contributed by atoms with van der Waals surface area (Å²) in [7, 11) is 1.36. The number of esters is 1. The minimum absolute atomic E-state index is 0.182. The highest BCUT2D eigenvalue weighted by Gasteiger charge is 2.43. The van der Waals surface area contributed by atoms with Crippen LogP contribution in [0.5, 0.6) is 5.75 Å². The standard InChI is InChI=1S/C26H28N2O4/c1-16-22(25(29)28-19-13-14-19)24(23(17(2)27-16)26(30)31-3)20-11-7-8-12-21(20)32-15-18-9-5-4-6-10-18/h4-12,19,23-24H,13-15H2,1-3H3,(H,28,29). The van der Waals surface area contributed by atoms with E-state index in [1.807, 2.05) is 61.5 Å². The summed E-state index contributed by atoms with van der Waals surface area (Å²) < 4.78 is 11.3. The molecule has 2 atom stereocenters. The van der Waals surface area contributed by atoms with E-state index in [2.05, 4.69) is 10.3 Å². The predicted octanol–water partition coefficient (Wildman–Crippen LogP) is 4.17. The van der Waals surface area contributed by atoms with Gasteiger partial charge in [0.15, 0.2) is 0 Å². The Kier molecular flexibility index (Phi) is 6.40. The fraction of sp³-hybridized carbons (Fsp3) is 0.346. The molecule has 1 N–H and O–H groups in total. The molecule has 2 aliphatic rings. The van der Waals surface area contributed by atoms with Gasteiger partial charge in [0.1, 0.15) is 18.3 Å². The molecule has 0 bridgehead atoms. The summed E-state index contributed by atoms with van der Waals surface area (Å²) in [6.45, 7) is 4.01. The summed E-state index contributed by atoms with van der Waals surface area (Å²) in [5, 5.41) is 3.06. The Hall–Kier alpha value is -3.41. The van der Waals surface area contributed by atoms with Crippen LogP contribution in [-0.4, -0.2) is 30.7 Å². The third-order valence-corrected chi connectivity index (χ3v) is 5.93. The van der Waals surface area contributed by atoms with Gasteiger partial charge in [-0.25, -0.2) is 0 Å². The molecule has 6 nitrogen and oxygen atoms in total. The first-order chi connectivity index (χ1) is 15.5. The van der Waals surface area contributed by atoms with Crippen molar-refractivity contribution in [3.05, 3.63) is 77.0 Å². The molecule has 1 aliphatic carbocycles. The summed E-state index contributed by atoms with van der Waals surface area (Å²) in [4.78, 5) is 30.7. The highest BCUT2D eigenvalue weighted by atomic mass is 16.5. The van der Waals surface area contributed by atoms with E-state index in [1.165, 1.54) is 7.11 Å². The number of aliphatic imine (C=N–C) groups is 1. The van der Waals surface area contributed by atoms with Crippen LogP contribution in [0.2, 0.25) is 0 Å². The number of allylic oxidation sites excluding steroid dienone is 1. The molecule has 6 heteroatoms. The molecular weight excluding hydrogens is 404 g/mol. The van der Waals surface area contributed by atoms with E-state index in [4.69, 9.17) is 9.47 Å². The first kappa shape index (κ1) is 21.8. The molecular formula is C26H28N2O4. The molecule has 1 saturated carbocycles. The molecule has 1 aliphatic heterocycles. The number of nitrogens with zero attached hydrogens (tertiary/aromatic N) is 1. The van der Waals surface area contributed by atoms with Crippen LogP contribution in [0.4, 0.5) is 0 Å². The lowest BCUT2D eigenvalue weighted by Gasteiger charge is -2.32. The maximum atomic E-state index is 13.3. The molecule has 4 rings (SSSR count). The fourth-order valence-electron chi connectivity index (χ4n) is 4.20. The number of carbonyl (C=O) groups is 2. The number of methoxy groups -OCH3 is 1. The van der Waals surface area contributed by atoms with E-state index in [9.17, 15) is 9.59 Å². The Morgan fingerprint density at radius 1 is 1.03 bits per heavy atom. The second-order valence-corrected chi connectivity index (χ2v) is 8.29. The number of ether oxygens (including phenoxy) is 2. The fourth-order valence-corrected chi connectivity index (χ4v) is 4.20. The van der Waals surface area contributed by atoms with E-state index in [0.29, 0.717) is 29.3 Å². The number of para-hydroxylation sites is 1. The Morgan fingerprint density at radius 3 is 2.41 bits per heavy atom. The van der Waals surface area contributed by atoms with Gasteiger partial charge in [0.05, 0.1) is 7.11 Å². The monoisotopic (exact) mass is 432 g/mol. The second-order valence-electron chi connectivity index (χ2n) is 8.29. The minimum Gasteiger partial charge on any atom is -0.489 e. The van der Waals surface area contributed by atoms with Gasteiger partial charge >= 0.3 is 5.97 Å². The van der Waals surface area contributed by atoms with Gasteiger partial charge in [-0.3, -0.25) is 14.6 Å². The van der Waals surface area contributed by atoms with Crippen molar-refractivity contribution in [2.45, 2.75) is 45.3 Å². The van der Waals surface area contributed by atoms with Crippen LogP contribution < -0.4 is 10.1 Å². The maximum Gasteiger partial charge on any atom is 0.315 e. The van der Waals surface area contributed by atoms with Gasteiger partial charge in [-0.1, -0.05) is 48.5 Å². The molecule has 1 fully saturated rings. The Bertz CT molecular complexity index is 1070. The molecule has 2 unspecified atom stereocenters. The number of hydrogen-bond donors (Lipinski definition) is 1. The van der Waals surface area contributed by atoms with Gasteiger partial charge in [-0.15, -0.1) is 0 Å². The zero-order chi connectivity index (χ0) is 22.7. The lowest BCUT2D eigenvalue weighted by Crippen LogP contribution is -2.39. The van der Waals surface area contributed by atoms with Gasteiger partial charge in [-0.2, -0.15) is 0 Å². The molecule has 1 amide bonds. The van der Waals surface area contributed by atoms with Crippen LogP contribution in [0, 0.1) is 5.92 Å². The number of rotatable bonds is 7. The molecule has 166 valence electrons. The lowest BCUT2D eigenvalue weighted by atomic mass is 9.75. The van der Waals surface area contributed by atoms with Crippen molar-refractivity contribution in [3.8, 4) is 5.75 Å². The number of carbonyl (C=O) groups excluding carboxylic acids is 2. The zero-order valence-electron chi connectivity index (χ0n) is 18.6. The smallest absolute Gasteiger partial charge is 0.315 e. The summed E-state index contributed by atoms with van der Waals surface area (Å²) in [6, 6.07) is 17.6. The topological polar surface area (TPSA) is 77.0 Å². The highest BCUT2D eigenvalue weighted by Crippen LogP contribution is 2.43. The first-order valence-corrected chi connectivity index (χ1v) is 10.9. The van der Waals surface area contributed by atoms with E-state index in [1.54, 1.807) is 6.92 Å². The van der Waals surface area contributed by atoms with Crippen LogP contribution in [0.3, 0.4) is 0 Å². The molecule has 0 spiro atoms. The van der Waals surface area contributed by atoms with Crippen molar-refractivity contribution in [2.24, 2.45) is 10.9 Å². The van der Waals surface area contributed by atoms with Crippen LogP contribution in [0.25, 0.3) is 0 Å². The van der Waals surface area contributed by atoms with Gasteiger partial charge in [-0.05, 0) is 38.3 Å². The summed E-state index contributed by atoms with van der Waals surface area (Å²) in [5.41, 5.74) is 3.54. The summed E-state index contributed by atoms with van der Waals surface area (Å²) in [5.74, 6) is -1.22. The Balaban J connectivity index is 1.75. The molecule has 0 radical (unpaired) electrons. The van der Waals surface area contributed by atoms with Crippen molar-refractivity contribution in [3.63, 3.8) is 0 Å². The summed E-state index contributed by atoms with van der Waals surface area (Å²) in [6.07, 6.45) is 1.95. The third kappa shape index (κ3) is 4.59. The maximum absolute atomic E-state index is 13.3. The van der Waals surface area contributed by atoms with Gasteiger partial charge in [0.25, 0.3) is 0 Å². The number of amides is 1. The first-order valence-electron chi connectivity index (χ1n) is 10.9. The van der Waals surface area contributed by atoms with Crippen LogP contribution in [0.15, 0.2) is 70.9 Å². The van der Waals surface area contributed by atoms with Crippen molar-refractivity contribution in [1.82, 2.24) is 5.32 Å².